The van der Waals surface area contributed by atoms with Crippen LogP contribution in [0.3, 0.4) is 0 Å². The molecule has 0 rings (SSSR count). The summed E-state index contributed by atoms with van der Waals surface area (Å²) in [5.74, 6) is -0.508. The van der Waals surface area contributed by atoms with E-state index in [1.165, 1.54) is 19.3 Å². The lowest BCUT2D eigenvalue weighted by molar-refractivity contribution is -0.134. The van der Waals surface area contributed by atoms with Gasteiger partial charge >= 0.3 is 13.8 Å². The minimum absolute atomic E-state index is 0.0492. The molecule has 0 aliphatic rings. The average molecular weight is 252 g/mol. The van der Waals surface area contributed by atoms with Crippen molar-refractivity contribution in [1.82, 2.24) is 0 Å². The van der Waals surface area contributed by atoms with Crippen molar-refractivity contribution in [3.05, 3.63) is 12.2 Å². The minimum atomic E-state index is -3.49. The van der Waals surface area contributed by atoms with Crippen LogP contribution in [-0.2, 0) is 27.7 Å². The van der Waals surface area contributed by atoms with Crippen LogP contribution in [0.25, 0.3) is 0 Å². The van der Waals surface area contributed by atoms with Gasteiger partial charge < -0.3 is 4.74 Å². The van der Waals surface area contributed by atoms with E-state index in [4.69, 9.17) is 13.6 Å². The standard InChI is InChI=1S/C9H17O6P/c1-4-13-16(11,14-5-2)15-8-6-7-9(10)12-3/h6-7H,4-5,8H2,1-3H3. The largest absolute Gasteiger partial charge is 0.475 e. The molecule has 0 unspecified atom stereocenters. The summed E-state index contributed by atoms with van der Waals surface area (Å²) in [6.07, 6.45) is 2.54. The molecule has 0 amide bonds. The fraction of sp³-hybridized carbons (Fsp3) is 0.667. The van der Waals surface area contributed by atoms with Crippen molar-refractivity contribution < 1.29 is 27.7 Å². The van der Waals surface area contributed by atoms with Gasteiger partial charge in [-0.05, 0) is 13.8 Å². The second-order valence-corrected chi connectivity index (χ2v) is 4.17. The van der Waals surface area contributed by atoms with E-state index < -0.39 is 13.8 Å². The van der Waals surface area contributed by atoms with Crippen LogP contribution in [0, 0.1) is 0 Å². The molecule has 0 aromatic rings. The van der Waals surface area contributed by atoms with E-state index in [1.54, 1.807) is 13.8 Å². The Morgan fingerprint density at radius 3 is 2.19 bits per heavy atom. The number of phosphoric acid groups is 1. The molecule has 0 aliphatic carbocycles. The molecule has 0 spiro atoms. The lowest BCUT2D eigenvalue weighted by Crippen LogP contribution is -2.01. The van der Waals surface area contributed by atoms with Gasteiger partial charge in [-0.15, -0.1) is 0 Å². The highest BCUT2D eigenvalue weighted by molar-refractivity contribution is 7.48. The van der Waals surface area contributed by atoms with Crippen molar-refractivity contribution in [3.8, 4) is 0 Å². The second kappa shape index (κ2) is 8.47. The number of rotatable bonds is 8. The van der Waals surface area contributed by atoms with E-state index in [1.807, 2.05) is 0 Å². The monoisotopic (exact) mass is 252 g/mol. The fourth-order valence-electron chi connectivity index (χ4n) is 0.775. The van der Waals surface area contributed by atoms with E-state index in [0.717, 1.165) is 0 Å². The molecule has 0 aliphatic heterocycles. The Balaban J connectivity index is 4.07. The molecule has 0 saturated heterocycles. The number of methoxy groups -OCH3 is 1. The Morgan fingerprint density at radius 1 is 1.19 bits per heavy atom. The van der Waals surface area contributed by atoms with Crippen LogP contribution in [0.15, 0.2) is 12.2 Å². The van der Waals surface area contributed by atoms with Crippen LogP contribution in [0.5, 0.6) is 0 Å². The Kier molecular flexibility index (Phi) is 8.11. The molecule has 0 aromatic carbocycles. The predicted molar refractivity (Wildman–Crippen MR) is 58.0 cm³/mol. The van der Waals surface area contributed by atoms with Crippen LogP contribution in [0.1, 0.15) is 13.8 Å². The Bertz CT molecular complexity index is 265. The summed E-state index contributed by atoms with van der Waals surface area (Å²) in [6.45, 7) is 3.75. The van der Waals surface area contributed by atoms with Crippen molar-refractivity contribution in [3.63, 3.8) is 0 Å². The maximum absolute atomic E-state index is 11.7. The normalized spacial score (nSPS) is 11.9. The summed E-state index contributed by atoms with van der Waals surface area (Å²) >= 11 is 0. The highest BCUT2D eigenvalue weighted by Crippen LogP contribution is 2.48. The van der Waals surface area contributed by atoms with Crippen molar-refractivity contribution in [2.24, 2.45) is 0 Å². The highest BCUT2D eigenvalue weighted by atomic mass is 31.2. The summed E-state index contributed by atoms with van der Waals surface area (Å²) in [5.41, 5.74) is 0. The first-order valence-electron chi connectivity index (χ1n) is 4.86. The Hall–Kier alpha value is -0.680. The van der Waals surface area contributed by atoms with Crippen molar-refractivity contribution in [1.29, 1.82) is 0 Å². The Labute approximate surface area is 95.1 Å². The van der Waals surface area contributed by atoms with Crippen LogP contribution in [0.2, 0.25) is 0 Å². The van der Waals surface area contributed by atoms with Gasteiger partial charge in [0.25, 0.3) is 0 Å². The Morgan fingerprint density at radius 2 is 1.75 bits per heavy atom. The van der Waals surface area contributed by atoms with Crippen LogP contribution < -0.4 is 0 Å². The lowest BCUT2D eigenvalue weighted by Gasteiger charge is -2.14. The summed E-state index contributed by atoms with van der Waals surface area (Å²) in [7, 11) is -2.23. The minimum Gasteiger partial charge on any atom is -0.466 e. The van der Waals surface area contributed by atoms with Crippen LogP contribution in [0.4, 0.5) is 0 Å². The van der Waals surface area contributed by atoms with Gasteiger partial charge in [-0.1, -0.05) is 6.08 Å². The molecular formula is C9H17O6P. The zero-order chi connectivity index (χ0) is 12.4. The number of phosphoric ester groups is 1. The summed E-state index contributed by atoms with van der Waals surface area (Å²) < 4.78 is 30.7. The van der Waals surface area contributed by atoms with Gasteiger partial charge in [-0.3, -0.25) is 13.6 Å². The molecule has 0 heterocycles. The third-order valence-electron chi connectivity index (χ3n) is 1.36. The lowest BCUT2D eigenvalue weighted by atomic mass is 10.5. The molecule has 16 heavy (non-hydrogen) atoms. The molecule has 0 fully saturated rings. The molecule has 0 radical (unpaired) electrons. The SMILES string of the molecule is CCOP(=O)(OCC)OCC=CC(=O)OC. The predicted octanol–water partition coefficient (Wildman–Crippen LogP) is 1.91. The number of hydrogen-bond donors (Lipinski definition) is 0. The van der Waals surface area contributed by atoms with E-state index in [2.05, 4.69) is 4.74 Å². The first-order valence-corrected chi connectivity index (χ1v) is 6.32. The van der Waals surface area contributed by atoms with E-state index in [0.29, 0.717) is 0 Å². The smallest absolute Gasteiger partial charge is 0.466 e. The van der Waals surface area contributed by atoms with E-state index in [9.17, 15) is 9.36 Å². The maximum atomic E-state index is 11.7. The van der Waals surface area contributed by atoms with Crippen molar-refractivity contribution in [2.75, 3.05) is 26.9 Å². The van der Waals surface area contributed by atoms with E-state index in [-0.39, 0.29) is 19.8 Å². The number of esters is 1. The number of hydrogen-bond acceptors (Lipinski definition) is 6. The summed E-state index contributed by atoms with van der Waals surface area (Å²) in [6, 6.07) is 0. The zero-order valence-corrected chi connectivity index (χ0v) is 10.6. The van der Waals surface area contributed by atoms with E-state index >= 15 is 0 Å². The summed E-state index contributed by atoms with van der Waals surface area (Å²) in [4.78, 5) is 10.7. The van der Waals surface area contributed by atoms with Crippen LogP contribution >= 0.6 is 7.82 Å². The van der Waals surface area contributed by atoms with Gasteiger partial charge in [0.2, 0.25) is 0 Å². The van der Waals surface area contributed by atoms with Gasteiger partial charge in [0, 0.05) is 6.08 Å². The first-order chi connectivity index (χ1) is 7.58. The van der Waals surface area contributed by atoms with Crippen LogP contribution in [-0.4, -0.2) is 32.9 Å². The average Bonchev–Trinajstić information content (AvgIpc) is 2.25. The van der Waals surface area contributed by atoms with Crippen molar-refractivity contribution >= 4 is 13.8 Å². The molecule has 0 aromatic heterocycles. The number of carbonyl (C=O) groups is 1. The molecular weight excluding hydrogens is 235 g/mol. The quantitative estimate of drug-likeness (QED) is 0.373. The first kappa shape index (κ1) is 15.3. The zero-order valence-electron chi connectivity index (χ0n) is 9.67. The second-order valence-electron chi connectivity index (χ2n) is 2.50. The van der Waals surface area contributed by atoms with Gasteiger partial charge in [-0.25, -0.2) is 9.36 Å². The molecule has 0 atom stereocenters. The number of carbonyl (C=O) groups excluding carboxylic acids is 1. The molecule has 0 bridgehead atoms. The highest BCUT2D eigenvalue weighted by Gasteiger charge is 2.24. The summed E-state index contributed by atoms with van der Waals surface area (Å²) in [5, 5.41) is 0. The molecule has 6 nitrogen and oxygen atoms in total. The molecule has 0 saturated carbocycles. The maximum Gasteiger partial charge on any atom is 0.475 e. The topological polar surface area (TPSA) is 71.1 Å². The van der Waals surface area contributed by atoms with Crippen molar-refractivity contribution in [2.45, 2.75) is 13.8 Å². The fourth-order valence-corrected chi connectivity index (χ4v) is 1.90. The third kappa shape index (κ3) is 6.74. The van der Waals surface area contributed by atoms with Gasteiger partial charge in [0.05, 0.1) is 26.9 Å². The molecule has 0 N–H and O–H groups in total. The molecule has 7 heteroatoms. The van der Waals surface area contributed by atoms with Gasteiger partial charge in [0.15, 0.2) is 0 Å². The number of ether oxygens (including phenoxy) is 1. The van der Waals surface area contributed by atoms with Gasteiger partial charge in [-0.2, -0.15) is 0 Å². The molecule has 94 valence electrons. The third-order valence-corrected chi connectivity index (χ3v) is 2.97. The van der Waals surface area contributed by atoms with Gasteiger partial charge in [0.1, 0.15) is 0 Å².